The van der Waals surface area contributed by atoms with Crippen LogP contribution in [-0.4, -0.2) is 58.0 Å². The molecular weight excluding hydrogens is 380 g/mol. The van der Waals surface area contributed by atoms with Gasteiger partial charge in [-0.25, -0.2) is 9.48 Å². The molecule has 8 heteroatoms. The average Bonchev–Trinajstić information content (AvgIpc) is 3.11. The molecule has 1 aromatic carbocycles. The molecule has 0 spiro atoms. The van der Waals surface area contributed by atoms with Crippen molar-refractivity contribution in [3.8, 4) is 5.75 Å². The lowest BCUT2D eigenvalue weighted by Gasteiger charge is -2.34. The Kier molecular flexibility index (Phi) is 6.71. The summed E-state index contributed by atoms with van der Waals surface area (Å²) in [7, 11) is 1.82. The fourth-order valence-corrected chi connectivity index (χ4v) is 4.23. The Balaban J connectivity index is 1.20. The lowest BCUT2D eigenvalue weighted by molar-refractivity contribution is 0.129. The minimum atomic E-state index is 0.0366. The number of fused-ring (bicyclic) bond motifs is 1. The molecule has 0 atom stereocenters. The van der Waals surface area contributed by atoms with E-state index in [9.17, 15) is 4.79 Å². The first-order valence-electron chi connectivity index (χ1n) is 11.1. The summed E-state index contributed by atoms with van der Waals surface area (Å²) in [5, 5.41) is 7.94. The Bertz CT molecular complexity index is 896. The summed E-state index contributed by atoms with van der Waals surface area (Å²) < 4.78 is 9.54. The van der Waals surface area contributed by atoms with Crippen LogP contribution in [0.1, 0.15) is 37.9 Å². The zero-order valence-electron chi connectivity index (χ0n) is 17.8. The van der Waals surface area contributed by atoms with Crippen molar-refractivity contribution in [3.05, 3.63) is 46.6 Å². The summed E-state index contributed by atoms with van der Waals surface area (Å²) in [6.07, 6.45) is 6.15. The predicted octanol–water partition coefficient (Wildman–Crippen LogP) is 1.89. The van der Waals surface area contributed by atoms with Crippen molar-refractivity contribution in [3.63, 3.8) is 0 Å². The van der Waals surface area contributed by atoms with Gasteiger partial charge in [-0.15, -0.1) is 0 Å². The molecule has 4 rings (SSSR count). The zero-order chi connectivity index (χ0) is 20.8. The minimum absolute atomic E-state index is 0.0366. The summed E-state index contributed by atoms with van der Waals surface area (Å²) in [4.78, 5) is 19.1. The first kappa shape index (κ1) is 20.5. The van der Waals surface area contributed by atoms with Gasteiger partial charge >= 0.3 is 5.69 Å². The second-order valence-electron chi connectivity index (χ2n) is 7.98. The molecule has 2 aliphatic rings. The van der Waals surface area contributed by atoms with E-state index in [2.05, 4.69) is 20.3 Å². The van der Waals surface area contributed by atoms with Crippen molar-refractivity contribution in [1.82, 2.24) is 24.6 Å². The van der Waals surface area contributed by atoms with Crippen LogP contribution in [0.25, 0.3) is 0 Å². The number of rotatable bonds is 6. The highest BCUT2D eigenvalue weighted by Gasteiger charge is 2.22. The van der Waals surface area contributed by atoms with E-state index in [1.54, 1.807) is 4.68 Å². The van der Waals surface area contributed by atoms with E-state index in [0.717, 1.165) is 82.2 Å². The number of aromatic nitrogens is 3. The highest BCUT2D eigenvalue weighted by Crippen LogP contribution is 2.18. The van der Waals surface area contributed by atoms with E-state index in [0.29, 0.717) is 6.54 Å². The normalized spacial score (nSPS) is 17.6. The van der Waals surface area contributed by atoms with Gasteiger partial charge in [0, 0.05) is 59.0 Å². The Morgan fingerprint density at radius 2 is 2.00 bits per heavy atom. The third-order valence-electron chi connectivity index (χ3n) is 5.86. The molecule has 2 aromatic rings. The smallest absolute Gasteiger partial charge is 0.345 e. The Morgan fingerprint density at radius 3 is 2.73 bits per heavy atom. The van der Waals surface area contributed by atoms with Crippen molar-refractivity contribution in [2.45, 2.75) is 57.7 Å². The number of nitrogens with one attached hydrogen (secondary N) is 1. The largest absolute Gasteiger partial charge is 0.490 e. The lowest BCUT2D eigenvalue weighted by Crippen LogP contribution is -2.47. The third-order valence-corrected chi connectivity index (χ3v) is 5.86. The van der Waals surface area contributed by atoms with Gasteiger partial charge in [-0.2, -0.15) is 5.10 Å². The maximum absolute atomic E-state index is 12.4. The van der Waals surface area contributed by atoms with E-state index in [-0.39, 0.29) is 11.8 Å². The number of piperidine rings is 1. The van der Waals surface area contributed by atoms with E-state index in [4.69, 9.17) is 4.74 Å². The molecule has 3 heterocycles. The van der Waals surface area contributed by atoms with Gasteiger partial charge in [0.25, 0.3) is 0 Å². The van der Waals surface area contributed by atoms with Crippen LogP contribution in [0.4, 0.5) is 0 Å². The molecule has 0 radical (unpaired) electrons. The molecule has 1 aromatic heterocycles. The summed E-state index contributed by atoms with van der Waals surface area (Å²) in [5.41, 5.74) is 0.0366. The molecule has 0 amide bonds. The molecule has 0 unspecified atom stereocenters. The Morgan fingerprint density at radius 1 is 1.20 bits per heavy atom. The molecule has 8 nitrogen and oxygen atoms in total. The van der Waals surface area contributed by atoms with Crippen LogP contribution in [0.5, 0.6) is 5.75 Å². The predicted molar refractivity (Wildman–Crippen MR) is 117 cm³/mol. The number of nitrogens with zero attached hydrogens (tertiary/aromatic N) is 5. The van der Waals surface area contributed by atoms with E-state index in [1.165, 1.54) is 0 Å². The highest BCUT2D eigenvalue weighted by atomic mass is 16.5. The maximum atomic E-state index is 12.4. The second kappa shape index (κ2) is 9.82. The van der Waals surface area contributed by atoms with Gasteiger partial charge in [-0.1, -0.05) is 18.2 Å². The second-order valence-corrected chi connectivity index (χ2v) is 7.98. The molecule has 1 N–H and O–H groups in total. The van der Waals surface area contributed by atoms with Crippen LogP contribution in [0.15, 0.2) is 40.1 Å². The third kappa shape index (κ3) is 4.86. The number of aryl methyl sites for hydroxylation is 2. The number of benzene rings is 1. The number of hydrogen-bond donors (Lipinski definition) is 1. The lowest BCUT2D eigenvalue weighted by atomic mass is 10.1. The number of guanidine groups is 1. The number of hydrogen-bond acceptors (Lipinski definition) is 4. The van der Waals surface area contributed by atoms with Crippen LogP contribution in [-0.2, 0) is 19.5 Å². The zero-order valence-corrected chi connectivity index (χ0v) is 17.8. The molecule has 0 bridgehead atoms. The van der Waals surface area contributed by atoms with Crippen molar-refractivity contribution in [1.29, 1.82) is 0 Å². The van der Waals surface area contributed by atoms with Gasteiger partial charge < -0.3 is 15.0 Å². The summed E-state index contributed by atoms with van der Waals surface area (Å²) in [5.74, 6) is 2.80. The van der Waals surface area contributed by atoms with Crippen LogP contribution >= 0.6 is 0 Å². The molecule has 1 fully saturated rings. The van der Waals surface area contributed by atoms with Gasteiger partial charge in [0.2, 0.25) is 0 Å². The fourth-order valence-electron chi connectivity index (χ4n) is 4.23. The molecule has 0 aliphatic carbocycles. The van der Waals surface area contributed by atoms with Crippen molar-refractivity contribution in [2.75, 3.05) is 26.7 Å². The summed E-state index contributed by atoms with van der Waals surface area (Å²) in [6, 6.07) is 10.0. The van der Waals surface area contributed by atoms with Gasteiger partial charge in [0.05, 0.1) is 0 Å². The SMILES string of the molecule is CN=C(NCCCn1nc2n(c1=O)CCCC2)N1CCC(Oc2ccccc2)CC1. The van der Waals surface area contributed by atoms with Crippen LogP contribution in [0, 0.1) is 0 Å². The van der Waals surface area contributed by atoms with Crippen molar-refractivity contribution >= 4 is 5.96 Å². The number of likely N-dealkylation sites (tertiary alicyclic amines) is 1. The van der Waals surface area contributed by atoms with Gasteiger partial charge in [-0.3, -0.25) is 9.56 Å². The van der Waals surface area contributed by atoms with Crippen molar-refractivity contribution < 1.29 is 4.74 Å². The number of para-hydroxylation sites is 1. The van der Waals surface area contributed by atoms with Crippen LogP contribution in [0.2, 0.25) is 0 Å². The van der Waals surface area contributed by atoms with E-state index >= 15 is 0 Å². The maximum Gasteiger partial charge on any atom is 0.345 e. The topological polar surface area (TPSA) is 76.7 Å². The standard InChI is InChI=1S/C22H32N6O2/c1-23-21(26-16-11-19(12-17-26)30-18-8-3-2-4-9-18)24-13-7-15-28-22(29)27-14-6-5-10-20(27)25-28/h2-4,8-9,19H,5-7,10-17H2,1H3,(H,23,24). The van der Waals surface area contributed by atoms with Gasteiger partial charge in [0.15, 0.2) is 5.96 Å². The Hall–Kier alpha value is -2.77. The average molecular weight is 413 g/mol. The molecule has 162 valence electrons. The van der Waals surface area contributed by atoms with Crippen LogP contribution < -0.4 is 15.7 Å². The molecule has 0 saturated carbocycles. The monoisotopic (exact) mass is 412 g/mol. The quantitative estimate of drug-likeness (QED) is 0.445. The minimum Gasteiger partial charge on any atom is -0.490 e. The first-order valence-corrected chi connectivity index (χ1v) is 11.1. The highest BCUT2D eigenvalue weighted by molar-refractivity contribution is 5.79. The number of ether oxygens (including phenoxy) is 1. The molecule has 1 saturated heterocycles. The van der Waals surface area contributed by atoms with Crippen LogP contribution in [0.3, 0.4) is 0 Å². The van der Waals surface area contributed by atoms with Crippen molar-refractivity contribution in [2.24, 2.45) is 4.99 Å². The Labute approximate surface area is 177 Å². The molecular formula is C22H32N6O2. The fraction of sp³-hybridized carbons (Fsp3) is 0.591. The summed E-state index contributed by atoms with van der Waals surface area (Å²) in [6.45, 7) is 4.05. The molecule has 2 aliphatic heterocycles. The number of aliphatic imine (C=N–C) groups is 1. The van der Waals surface area contributed by atoms with Gasteiger partial charge in [-0.05, 0) is 31.4 Å². The summed E-state index contributed by atoms with van der Waals surface area (Å²) >= 11 is 0. The first-order chi connectivity index (χ1) is 14.7. The van der Waals surface area contributed by atoms with E-state index in [1.807, 2.05) is 41.9 Å². The van der Waals surface area contributed by atoms with E-state index < -0.39 is 0 Å². The van der Waals surface area contributed by atoms with Gasteiger partial charge in [0.1, 0.15) is 17.7 Å². The molecule has 30 heavy (non-hydrogen) atoms.